The Kier molecular flexibility index (Phi) is 4.31. The topological polar surface area (TPSA) is 35.2 Å². The summed E-state index contributed by atoms with van der Waals surface area (Å²) >= 11 is 0. The first-order valence-corrected chi connectivity index (χ1v) is 4.94. The third-order valence-corrected chi connectivity index (χ3v) is 2.03. The summed E-state index contributed by atoms with van der Waals surface area (Å²) in [4.78, 5) is 0. The molecule has 0 aliphatic rings. The Morgan fingerprint density at radius 1 is 1.53 bits per heavy atom. The quantitative estimate of drug-likeness (QED) is 0.774. The minimum Gasteiger partial charge on any atom is -0.489 e. The van der Waals surface area contributed by atoms with Crippen molar-refractivity contribution in [2.45, 2.75) is 19.9 Å². The van der Waals surface area contributed by atoms with Crippen LogP contribution in [0.15, 0.2) is 30.4 Å². The van der Waals surface area contributed by atoms with E-state index < -0.39 is 0 Å². The van der Waals surface area contributed by atoms with Gasteiger partial charge in [-0.3, -0.25) is 0 Å². The highest BCUT2D eigenvalue weighted by Crippen LogP contribution is 2.24. The molecule has 0 spiro atoms. The molecule has 2 N–H and O–H groups in total. The lowest BCUT2D eigenvalue weighted by atomic mass is 10.1. The first-order chi connectivity index (χ1) is 7.15. The zero-order chi connectivity index (χ0) is 11.3. The van der Waals surface area contributed by atoms with Gasteiger partial charge in [-0.2, -0.15) is 0 Å². The second kappa shape index (κ2) is 5.51. The average Bonchev–Trinajstić information content (AvgIpc) is 2.20. The summed E-state index contributed by atoms with van der Waals surface area (Å²) in [5.41, 5.74) is 6.42. The number of allylic oxidation sites excluding steroid dienone is 1. The molecular formula is C12H16FNO. The molecule has 0 unspecified atom stereocenters. The van der Waals surface area contributed by atoms with Gasteiger partial charge in [-0.25, -0.2) is 4.39 Å². The lowest BCUT2D eigenvalue weighted by Gasteiger charge is -2.12. The maximum absolute atomic E-state index is 13.0. The highest BCUT2D eigenvalue weighted by Gasteiger charge is 2.08. The predicted octanol–water partition coefficient (Wildman–Crippen LogP) is 2.80. The molecule has 0 aliphatic carbocycles. The van der Waals surface area contributed by atoms with Crippen LogP contribution in [0, 0.1) is 5.82 Å². The number of hydrogen-bond acceptors (Lipinski definition) is 2. The highest BCUT2D eigenvalue weighted by molar-refractivity contribution is 5.36. The van der Waals surface area contributed by atoms with Gasteiger partial charge in [0.2, 0.25) is 0 Å². The standard InChI is InChI=1S/C12H16FNO/c1-3-4-7-15-12-6-5-10(13)8-11(12)9(2)14/h3-6,8-9H,7,14H2,1-2H3/t9-/m0/s1. The number of halogens is 1. The van der Waals surface area contributed by atoms with E-state index in [1.54, 1.807) is 13.0 Å². The molecular weight excluding hydrogens is 193 g/mol. The number of hydrogen-bond donors (Lipinski definition) is 1. The van der Waals surface area contributed by atoms with Gasteiger partial charge in [0.15, 0.2) is 0 Å². The fourth-order valence-corrected chi connectivity index (χ4v) is 1.24. The Morgan fingerprint density at radius 3 is 2.87 bits per heavy atom. The van der Waals surface area contributed by atoms with Crippen LogP contribution in [0.2, 0.25) is 0 Å². The van der Waals surface area contributed by atoms with Gasteiger partial charge in [-0.15, -0.1) is 0 Å². The van der Waals surface area contributed by atoms with E-state index in [1.165, 1.54) is 12.1 Å². The number of benzene rings is 1. The maximum atomic E-state index is 13.0. The number of ether oxygens (including phenoxy) is 1. The smallest absolute Gasteiger partial charge is 0.124 e. The molecule has 1 rings (SSSR count). The van der Waals surface area contributed by atoms with Crippen molar-refractivity contribution in [1.82, 2.24) is 0 Å². The molecule has 3 heteroatoms. The number of rotatable bonds is 4. The second-order valence-corrected chi connectivity index (χ2v) is 3.35. The van der Waals surface area contributed by atoms with Crippen LogP contribution in [-0.2, 0) is 0 Å². The molecule has 15 heavy (non-hydrogen) atoms. The molecule has 0 saturated heterocycles. The Morgan fingerprint density at radius 2 is 2.27 bits per heavy atom. The van der Waals surface area contributed by atoms with Crippen LogP contribution in [0.25, 0.3) is 0 Å². The van der Waals surface area contributed by atoms with E-state index in [0.29, 0.717) is 17.9 Å². The van der Waals surface area contributed by atoms with Gasteiger partial charge in [0.25, 0.3) is 0 Å². The van der Waals surface area contributed by atoms with Gasteiger partial charge in [0.1, 0.15) is 18.2 Å². The molecule has 0 radical (unpaired) electrons. The predicted molar refractivity (Wildman–Crippen MR) is 59.3 cm³/mol. The van der Waals surface area contributed by atoms with Crippen molar-refractivity contribution in [2.24, 2.45) is 5.73 Å². The maximum Gasteiger partial charge on any atom is 0.124 e. The molecule has 0 fully saturated rings. The van der Waals surface area contributed by atoms with E-state index >= 15 is 0 Å². The fourth-order valence-electron chi connectivity index (χ4n) is 1.24. The second-order valence-electron chi connectivity index (χ2n) is 3.35. The normalized spacial score (nSPS) is 13.1. The highest BCUT2D eigenvalue weighted by atomic mass is 19.1. The van der Waals surface area contributed by atoms with Crippen LogP contribution in [0.5, 0.6) is 5.75 Å². The van der Waals surface area contributed by atoms with Crippen LogP contribution in [-0.4, -0.2) is 6.61 Å². The summed E-state index contributed by atoms with van der Waals surface area (Å²) < 4.78 is 18.4. The van der Waals surface area contributed by atoms with Gasteiger partial charge in [-0.1, -0.05) is 12.2 Å². The molecule has 0 aliphatic heterocycles. The molecule has 0 bridgehead atoms. The van der Waals surface area contributed by atoms with Crippen molar-refractivity contribution in [3.05, 3.63) is 41.7 Å². The van der Waals surface area contributed by atoms with Crippen molar-refractivity contribution in [3.63, 3.8) is 0 Å². The van der Waals surface area contributed by atoms with E-state index in [0.717, 1.165) is 0 Å². The van der Waals surface area contributed by atoms with Gasteiger partial charge >= 0.3 is 0 Å². The Hall–Kier alpha value is -1.35. The van der Waals surface area contributed by atoms with Crippen LogP contribution in [0.4, 0.5) is 4.39 Å². The van der Waals surface area contributed by atoms with E-state index in [9.17, 15) is 4.39 Å². The lowest BCUT2D eigenvalue weighted by molar-refractivity contribution is 0.355. The SMILES string of the molecule is CC=CCOc1ccc(F)cc1[C@H](C)N. The third kappa shape index (κ3) is 3.36. The summed E-state index contributed by atoms with van der Waals surface area (Å²) in [6.45, 7) is 4.19. The zero-order valence-electron chi connectivity index (χ0n) is 9.03. The minimum absolute atomic E-state index is 0.235. The Balaban J connectivity index is 2.85. The number of nitrogens with two attached hydrogens (primary N) is 1. The van der Waals surface area contributed by atoms with Crippen molar-refractivity contribution in [3.8, 4) is 5.75 Å². The summed E-state index contributed by atoms with van der Waals surface area (Å²) in [6.07, 6.45) is 3.78. The largest absolute Gasteiger partial charge is 0.489 e. The molecule has 1 atom stereocenters. The van der Waals surface area contributed by atoms with Gasteiger partial charge in [0.05, 0.1) is 0 Å². The average molecular weight is 209 g/mol. The van der Waals surface area contributed by atoms with E-state index in [1.807, 2.05) is 19.1 Å². The van der Waals surface area contributed by atoms with Crippen LogP contribution in [0.1, 0.15) is 25.5 Å². The monoisotopic (exact) mass is 209 g/mol. The van der Waals surface area contributed by atoms with E-state index in [2.05, 4.69) is 0 Å². The molecule has 0 heterocycles. The summed E-state index contributed by atoms with van der Waals surface area (Å²) in [7, 11) is 0. The summed E-state index contributed by atoms with van der Waals surface area (Å²) in [5, 5.41) is 0. The Bertz CT molecular complexity index is 347. The molecule has 0 amide bonds. The molecule has 82 valence electrons. The third-order valence-electron chi connectivity index (χ3n) is 2.03. The van der Waals surface area contributed by atoms with E-state index in [-0.39, 0.29) is 11.9 Å². The Labute approximate surface area is 89.6 Å². The van der Waals surface area contributed by atoms with Crippen LogP contribution < -0.4 is 10.5 Å². The van der Waals surface area contributed by atoms with Gasteiger partial charge < -0.3 is 10.5 Å². The molecule has 1 aromatic rings. The van der Waals surface area contributed by atoms with Gasteiger partial charge in [0, 0.05) is 11.6 Å². The van der Waals surface area contributed by atoms with Crippen molar-refractivity contribution in [2.75, 3.05) is 6.61 Å². The summed E-state index contributed by atoms with van der Waals surface area (Å²) in [5.74, 6) is 0.352. The fraction of sp³-hybridized carbons (Fsp3) is 0.333. The lowest BCUT2D eigenvalue weighted by Crippen LogP contribution is -2.08. The minimum atomic E-state index is -0.291. The van der Waals surface area contributed by atoms with Crippen molar-refractivity contribution in [1.29, 1.82) is 0 Å². The molecule has 2 nitrogen and oxygen atoms in total. The zero-order valence-corrected chi connectivity index (χ0v) is 9.03. The molecule has 0 saturated carbocycles. The van der Waals surface area contributed by atoms with Gasteiger partial charge in [-0.05, 0) is 32.0 Å². The van der Waals surface area contributed by atoms with Crippen LogP contribution >= 0.6 is 0 Å². The first kappa shape index (κ1) is 11.7. The van der Waals surface area contributed by atoms with Crippen molar-refractivity contribution < 1.29 is 9.13 Å². The molecule has 1 aromatic carbocycles. The molecule has 0 aromatic heterocycles. The first-order valence-electron chi connectivity index (χ1n) is 4.94. The van der Waals surface area contributed by atoms with E-state index in [4.69, 9.17) is 10.5 Å². The van der Waals surface area contributed by atoms with Crippen molar-refractivity contribution >= 4 is 0 Å². The summed E-state index contributed by atoms with van der Waals surface area (Å²) in [6, 6.07) is 4.16. The van der Waals surface area contributed by atoms with Crippen LogP contribution in [0.3, 0.4) is 0 Å².